The largest absolute Gasteiger partial charge is 0.336 e. The first-order chi connectivity index (χ1) is 16.7. The number of halogens is 3. The van der Waals surface area contributed by atoms with Crippen molar-refractivity contribution in [3.63, 3.8) is 0 Å². The van der Waals surface area contributed by atoms with E-state index in [1.165, 1.54) is 12.1 Å². The van der Waals surface area contributed by atoms with E-state index in [-0.39, 0.29) is 21.6 Å². The van der Waals surface area contributed by atoms with Gasteiger partial charge in [0, 0.05) is 16.2 Å². The first kappa shape index (κ1) is 22.6. The van der Waals surface area contributed by atoms with Gasteiger partial charge in [-0.05, 0) is 42.8 Å². The Balaban J connectivity index is 1.72. The maximum Gasteiger partial charge on any atom is 0.336 e. The number of fused-ring (bicyclic) bond motifs is 3. The molecule has 5 rings (SSSR count). The van der Waals surface area contributed by atoms with E-state index in [1.807, 2.05) is 0 Å². The molecule has 10 heteroatoms. The summed E-state index contributed by atoms with van der Waals surface area (Å²) in [7, 11) is 0. The summed E-state index contributed by atoms with van der Waals surface area (Å²) < 4.78 is 44.4. The summed E-state index contributed by atoms with van der Waals surface area (Å²) in [4.78, 5) is 39.7. The van der Waals surface area contributed by atoms with Crippen molar-refractivity contribution in [3.8, 4) is 5.69 Å². The highest BCUT2D eigenvalue weighted by molar-refractivity contribution is 7.25. The number of anilines is 1. The van der Waals surface area contributed by atoms with Crippen LogP contribution in [0.5, 0.6) is 0 Å². The zero-order valence-corrected chi connectivity index (χ0v) is 19.0. The average molecular weight is 495 g/mol. The average Bonchev–Trinajstić information content (AvgIpc) is 3.21. The monoisotopic (exact) mass is 495 g/mol. The topological polar surface area (TPSA) is 73.1 Å². The Hall–Kier alpha value is -4.18. The van der Waals surface area contributed by atoms with Crippen molar-refractivity contribution >= 4 is 43.2 Å². The van der Waals surface area contributed by atoms with Crippen LogP contribution in [0.15, 0.2) is 70.3 Å². The molecule has 0 spiro atoms. The summed E-state index contributed by atoms with van der Waals surface area (Å²) in [5.41, 5.74) is -1.16. The number of aryl methyl sites for hydroxylation is 1. The standard InChI is InChI=1S/C25H16F3N3O3S/c1-13-6-8-15(11-17(13)27)31-24(33)23-22(16-4-2-3-5-20(16)35-23)30(25(31)34)12-21(32)29-19-9-7-14(26)10-18(19)28/h2-11H,12H2,1H3,(H,29,32). The van der Waals surface area contributed by atoms with Gasteiger partial charge in [0.15, 0.2) is 0 Å². The Morgan fingerprint density at radius 1 is 0.971 bits per heavy atom. The fourth-order valence-electron chi connectivity index (χ4n) is 3.87. The lowest BCUT2D eigenvalue weighted by atomic mass is 10.2. The smallest absolute Gasteiger partial charge is 0.322 e. The first-order valence-corrected chi connectivity index (χ1v) is 11.2. The van der Waals surface area contributed by atoms with Crippen molar-refractivity contribution < 1.29 is 18.0 Å². The number of nitrogens with zero attached hydrogens (tertiary/aromatic N) is 2. The van der Waals surface area contributed by atoms with Crippen molar-refractivity contribution in [2.45, 2.75) is 13.5 Å². The second-order valence-corrected chi connectivity index (χ2v) is 8.94. The second-order valence-electron chi connectivity index (χ2n) is 7.89. The minimum Gasteiger partial charge on any atom is -0.322 e. The summed E-state index contributed by atoms with van der Waals surface area (Å²) in [6, 6.07) is 13.6. The predicted octanol–water partition coefficient (Wildman–Crippen LogP) is 4.73. The third-order valence-electron chi connectivity index (χ3n) is 5.58. The molecule has 0 saturated carbocycles. The predicted molar refractivity (Wildman–Crippen MR) is 129 cm³/mol. The van der Waals surface area contributed by atoms with E-state index in [9.17, 15) is 27.6 Å². The minimum absolute atomic E-state index is 0.0150. The molecule has 0 aliphatic heterocycles. The molecule has 6 nitrogen and oxygen atoms in total. The van der Waals surface area contributed by atoms with Gasteiger partial charge in [-0.2, -0.15) is 0 Å². The van der Waals surface area contributed by atoms with Crippen LogP contribution >= 0.6 is 11.3 Å². The quantitative estimate of drug-likeness (QED) is 0.392. The van der Waals surface area contributed by atoms with Gasteiger partial charge in [-0.15, -0.1) is 11.3 Å². The molecular formula is C25H16F3N3O3S. The van der Waals surface area contributed by atoms with Crippen LogP contribution in [0.3, 0.4) is 0 Å². The molecule has 0 atom stereocenters. The first-order valence-electron chi connectivity index (χ1n) is 10.4. The number of rotatable bonds is 4. The van der Waals surface area contributed by atoms with Crippen LogP contribution in [0.2, 0.25) is 0 Å². The van der Waals surface area contributed by atoms with E-state index in [1.54, 1.807) is 31.2 Å². The molecule has 5 aromatic rings. The Kier molecular flexibility index (Phi) is 5.52. The molecule has 1 N–H and O–H groups in total. The molecule has 1 amide bonds. The summed E-state index contributed by atoms with van der Waals surface area (Å²) >= 11 is 1.14. The van der Waals surface area contributed by atoms with Crippen LogP contribution < -0.4 is 16.6 Å². The maximum absolute atomic E-state index is 14.3. The number of nitrogens with one attached hydrogen (secondary N) is 1. The molecule has 0 saturated heterocycles. The highest BCUT2D eigenvalue weighted by Gasteiger charge is 2.21. The number of hydrogen-bond acceptors (Lipinski definition) is 4. The van der Waals surface area contributed by atoms with E-state index in [4.69, 9.17) is 0 Å². The van der Waals surface area contributed by atoms with Crippen LogP contribution in [-0.4, -0.2) is 15.0 Å². The SMILES string of the molecule is Cc1ccc(-n2c(=O)c3sc4ccccc4c3n(CC(=O)Nc3ccc(F)cc3F)c2=O)cc1F. The van der Waals surface area contributed by atoms with E-state index in [2.05, 4.69) is 5.32 Å². The summed E-state index contributed by atoms with van der Waals surface area (Å²) in [5.74, 6) is -3.15. The van der Waals surface area contributed by atoms with Gasteiger partial charge >= 0.3 is 5.69 Å². The maximum atomic E-state index is 14.3. The Bertz CT molecular complexity index is 1770. The van der Waals surface area contributed by atoms with Gasteiger partial charge in [0.25, 0.3) is 5.56 Å². The van der Waals surface area contributed by atoms with Gasteiger partial charge in [-0.25, -0.2) is 22.5 Å². The van der Waals surface area contributed by atoms with Crippen molar-refractivity contribution in [1.82, 2.24) is 9.13 Å². The fraction of sp³-hybridized carbons (Fsp3) is 0.0800. The normalized spacial score (nSPS) is 11.3. The lowest BCUT2D eigenvalue weighted by Gasteiger charge is -2.13. The highest BCUT2D eigenvalue weighted by Crippen LogP contribution is 2.31. The van der Waals surface area contributed by atoms with Gasteiger partial charge in [0.05, 0.1) is 16.9 Å². The van der Waals surface area contributed by atoms with E-state index < -0.39 is 41.2 Å². The number of thiophene rings is 1. The van der Waals surface area contributed by atoms with Crippen LogP contribution in [0.4, 0.5) is 18.9 Å². The number of benzene rings is 3. The number of amides is 1. The zero-order chi connectivity index (χ0) is 24.9. The number of aromatic nitrogens is 2. The van der Waals surface area contributed by atoms with Crippen molar-refractivity contribution in [2.24, 2.45) is 0 Å². The number of carbonyl (C=O) groups excluding carboxylic acids is 1. The molecule has 176 valence electrons. The molecular weight excluding hydrogens is 479 g/mol. The van der Waals surface area contributed by atoms with Gasteiger partial charge in [-0.3, -0.25) is 14.2 Å². The minimum atomic E-state index is -0.975. The van der Waals surface area contributed by atoms with Crippen LogP contribution in [0, 0.1) is 24.4 Å². The van der Waals surface area contributed by atoms with Crippen molar-refractivity contribution in [1.29, 1.82) is 0 Å². The highest BCUT2D eigenvalue weighted by atomic mass is 32.1. The number of carbonyl (C=O) groups is 1. The Labute approximate surface area is 199 Å². The van der Waals surface area contributed by atoms with Crippen molar-refractivity contribution in [2.75, 3.05) is 5.32 Å². The molecule has 2 aromatic heterocycles. The van der Waals surface area contributed by atoms with Gasteiger partial charge in [-0.1, -0.05) is 24.3 Å². The molecule has 0 bridgehead atoms. The summed E-state index contributed by atoms with van der Waals surface area (Å²) in [6.45, 7) is 0.982. The van der Waals surface area contributed by atoms with Crippen LogP contribution in [-0.2, 0) is 11.3 Å². The molecule has 3 aromatic carbocycles. The van der Waals surface area contributed by atoms with E-state index in [0.717, 1.165) is 38.7 Å². The molecule has 2 heterocycles. The molecule has 0 unspecified atom stereocenters. The molecule has 35 heavy (non-hydrogen) atoms. The summed E-state index contributed by atoms with van der Waals surface area (Å²) in [5, 5.41) is 2.91. The zero-order valence-electron chi connectivity index (χ0n) is 18.1. The Morgan fingerprint density at radius 3 is 2.49 bits per heavy atom. The molecule has 0 aliphatic rings. The van der Waals surface area contributed by atoms with Gasteiger partial charge < -0.3 is 5.32 Å². The third kappa shape index (κ3) is 3.91. The van der Waals surface area contributed by atoms with Crippen LogP contribution in [0.25, 0.3) is 26.0 Å². The fourth-order valence-corrected chi connectivity index (χ4v) is 5.01. The van der Waals surface area contributed by atoms with E-state index in [0.29, 0.717) is 21.7 Å². The number of hydrogen-bond donors (Lipinski definition) is 1. The van der Waals surface area contributed by atoms with Gasteiger partial charge in [0.2, 0.25) is 5.91 Å². The molecule has 0 fully saturated rings. The molecule has 0 radical (unpaired) electrons. The van der Waals surface area contributed by atoms with Gasteiger partial charge in [0.1, 0.15) is 28.7 Å². The summed E-state index contributed by atoms with van der Waals surface area (Å²) in [6.07, 6.45) is 0. The lowest BCUT2D eigenvalue weighted by molar-refractivity contribution is -0.116. The molecule has 0 aliphatic carbocycles. The lowest BCUT2D eigenvalue weighted by Crippen LogP contribution is -2.40. The van der Waals surface area contributed by atoms with Crippen molar-refractivity contribution in [3.05, 3.63) is 105 Å². The third-order valence-corrected chi connectivity index (χ3v) is 6.73. The second kappa shape index (κ2) is 8.55. The van der Waals surface area contributed by atoms with Crippen LogP contribution in [0.1, 0.15) is 5.56 Å². The Morgan fingerprint density at radius 2 is 1.74 bits per heavy atom. The van der Waals surface area contributed by atoms with E-state index >= 15 is 0 Å².